The van der Waals surface area contributed by atoms with Gasteiger partial charge < -0.3 is 23.4 Å². The minimum atomic E-state index is -1.31. The third-order valence-corrected chi connectivity index (χ3v) is 3.81. The van der Waals surface area contributed by atoms with Crippen molar-refractivity contribution >= 4 is 34.8 Å². The van der Waals surface area contributed by atoms with E-state index in [-0.39, 0.29) is 51.4 Å². The SMILES string of the molecule is C.CCOC(=O)C(C(=O)OCC)c1cc(F)c2occc2c1.CCOC(=O)CC(=O)OCC. The Bertz CT molecular complexity index is 886. The third kappa shape index (κ3) is 9.30. The molecule has 0 aliphatic rings. The van der Waals surface area contributed by atoms with E-state index in [1.165, 1.54) is 12.3 Å². The van der Waals surface area contributed by atoms with Gasteiger partial charge in [-0.1, -0.05) is 7.43 Å². The number of halogens is 1. The molecule has 0 aliphatic heterocycles. The van der Waals surface area contributed by atoms with Crippen molar-refractivity contribution in [2.24, 2.45) is 0 Å². The van der Waals surface area contributed by atoms with Crippen molar-refractivity contribution in [3.8, 4) is 0 Å². The molecule has 0 fully saturated rings. The molecule has 1 aromatic heterocycles. The number of fused-ring (bicyclic) bond motifs is 1. The first-order valence-electron chi connectivity index (χ1n) is 10.1. The van der Waals surface area contributed by atoms with E-state index in [9.17, 15) is 23.6 Å². The molecule has 2 aromatic rings. The second kappa shape index (κ2) is 15.4. The van der Waals surface area contributed by atoms with Crippen LogP contribution in [0.15, 0.2) is 28.9 Å². The molecule has 0 atom stereocenters. The van der Waals surface area contributed by atoms with Gasteiger partial charge in [0.25, 0.3) is 0 Å². The first kappa shape index (κ1) is 29.6. The number of ether oxygens (including phenoxy) is 4. The zero-order valence-corrected chi connectivity index (χ0v) is 18.5. The fourth-order valence-corrected chi connectivity index (χ4v) is 2.59. The summed E-state index contributed by atoms with van der Waals surface area (Å²) in [5.74, 6) is -4.56. The molecule has 0 unspecified atom stereocenters. The van der Waals surface area contributed by atoms with Crippen molar-refractivity contribution in [2.75, 3.05) is 26.4 Å². The maximum absolute atomic E-state index is 13.9. The van der Waals surface area contributed by atoms with Gasteiger partial charge in [0.05, 0.1) is 32.7 Å². The number of carbonyl (C=O) groups excluding carboxylic acids is 4. The standard InChI is InChI=1S/C15H15FO5.C7H12O4.CH4/c1-3-19-14(17)12(15(18)20-4-2)10-7-9-5-6-21-13(9)11(16)8-10;1-3-10-6(8)5-7(9)11-4-2;/h5-8,12H,3-4H2,1-2H3;3-5H2,1-2H3;1H4. The van der Waals surface area contributed by atoms with E-state index in [4.69, 9.17) is 13.9 Å². The summed E-state index contributed by atoms with van der Waals surface area (Å²) in [7, 11) is 0. The Morgan fingerprint density at radius 1 is 0.848 bits per heavy atom. The molecule has 0 bridgehead atoms. The van der Waals surface area contributed by atoms with Crippen LogP contribution in [-0.2, 0) is 38.1 Å². The van der Waals surface area contributed by atoms with Gasteiger partial charge in [0, 0.05) is 5.39 Å². The number of benzene rings is 1. The third-order valence-electron chi connectivity index (χ3n) is 3.81. The number of furan rings is 1. The average Bonchev–Trinajstić information content (AvgIpc) is 3.19. The predicted octanol–water partition coefficient (Wildman–Crippen LogP) is 3.92. The summed E-state index contributed by atoms with van der Waals surface area (Å²) in [6.07, 6.45) is 1.04. The van der Waals surface area contributed by atoms with Crippen LogP contribution in [0.3, 0.4) is 0 Å². The molecule has 9 nitrogen and oxygen atoms in total. The molecule has 0 saturated heterocycles. The topological polar surface area (TPSA) is 118 Å². The van der Waals surface area contributed by atoms with Gasteiger partial charge >= 0.3 is 23.9 Å². The molecular formula is C23H31FO9. The van der Waals surface area contributed by atoms with Gasteiger partial charge in [-0.05, 0) is 51.5 Å². The molecule has 0 aliphatic carbocycles. The first-order chi connectivity index (χ1) is 15.3. The fraction of sp³-hybridized carbons (Fsp3) is 0.478. The molecule has 0 saturated carbocycles. The summed E-state index contributed by atoms with van der Waals surface area (Å²) in [5.41, 5.74) is 0.253. The molecule has 0 amide bonds. The van der Waals surface area contributed by atoms with E-state index >= 15 is 0 Å². The Labute approximate surface area is 192 Å². The predicted molar refractivity (Wildman–Crippen MR) is 117 cm³/mol. The summed E-state index contributed by atoms with van der Waals surface area (Å²) in [5, 5.41) is 0.462. The Hall–Kier alpha value is -3.43. The van der Waals surface area contributed by atoms with E-state index in [2.05, 4.69) is 9.47 Å². The molecular weight excluding hydrogens is 439 g/mol. The molecule has 184 valence electrons. The molecule has 0 N–H and O–H groups in total. The van der Waals surface area contributed by atoms with Crippen molar-refractivity contribution in [1.29, 1.82) is 0 Å². The van der Waals surface area contributed by atoms with Crippen molar-refractivity contribution in [1.82, 2.24) is 0 Å². The number of hydrogen-bond acceptors (Lipinski definition) is 9. The van der Waals surface area contributed by atoms with E-state index < -0.39 is 35.6 Å². The highest BCUT2D eigenvalue weighted by Crippen LogP contribution is 2.27. The number of hydrogen-bond donors (Lipinski definition) is 0. The van der Waals surface area contributed by atoms with Crippen LogP contribution in [-0.4, -0.2) is 50.3 Å². The highest BCUT2D eigenvalue weighted by Gasteiger charge is 2.32. The van der Waals surface area contributed by atoms with E-state index in [0.29, 0.717) is 5.39 Å². The van der Waals surface area contributed by atoms with Crippen LogP contribution in [0.5, 0.6) is 0 Å². The van der Waals surface area contributed by atoms with Gasteiger partial charge in [-0.25, -0.2) is 4.39 Å². The van der Waals surface area contributed by atoms with E-state index in [1.807, 2.05) is 0 Å². The number of rotatable bonds is 9. The molecule has 10 heteroatoms. The van der Waals surface area contributed by atoms with Gasteiger partial charge in [-0.15, -0.1) is 0 Å². The molecule has 0 spiro atoms. The number of esters is 4. The summed E-state index contributed by atoms with van der Waals surface area (Å²) >= 11 is 0. The fourth-order valence-electron chi connectivity index (χ4n) is 2.59. The minimum Gasteiger partial charge on any atom is -0.466 e. The summed E-state index contributed by atoms with van der Waals surface area (Å²) in [6, 6.07) is 4.15. The van der Waals surface area contributed by atoms with Crippen LogP contribution >= 0.6 is 0 Å². The Balaban J connectivity index is 0.000000732. The lowest BCUT2D eigenvalue weighted by Gasteiger charge is -2.14. The highest BCUT2D eigenvalue weighted by molar-refractivity contribution is 6.01. The van der Waals surface area contributed by atoms with E-state index in [1.54, 1.807) is 33.8 Å². The summed E-state index contributed by atoms with van der Waals surface area (Å²) < 4.78 is 37.7. The van der Waals surface area contributed by atoms with Gasteiger partial charge in [0.1, 0.15) is 6.42 Å². The Morgan fingerprint density at radius 3 is 1.79 bits per heavy atom. The lowest BCUT2D eigenvalue weighted by atomic mass is 9.98. The average molecular weight is 470 g/mol. The van der Waals surface area contributed by atoms with Crippen LogP contribution in [0.4, 0.5) is 4.39 Å². The largest absolute Gasteiger partial charge is 0.466 e. The quantitative estimate of drug-likeness (QED) is 0.305. The lowest BCUT2D eigenvalue weighted by molar-refractivity contribution is -0.157. The molecule has 0 radical (unpaired) electrons. The molecule has 1 aromatic carbocycles. The second-order valence-corrected chi connectivity index (χ2v) is 6.07. The molecule has 1 heterocycles. The zero-order valence-electron chi connectivity index (χ0n) is 18.5. The smallest absolute Gasteiger partial charge is 0.324 e. The van der Waals surface area contributed by atoms with Crippen LogP contribution in [0, 0.1) is 5.82 Å². The maximum Gasteiger partial charge on any atom is 0.324 e. The number of carbonyl (C=O) groups is 4. The van der Waals surface area contributed by atoms with Crippen molar-refractivity contribution in [3.05, 3.63) is 35.8 Å². The first-order valence-corrected chi connectivity index (χ1v) is 10.1. The molecule has 2 rings (SSSR count). The van der Waals surface area contributed by atoms with Crippen LogP contribution < -0.4 is 0 Å². The molecule has 33 heavy (non-hydrogen) atoms. The van der Waals surface area contributed by atoms with Crippen molar-refractivity contribution in [3.63, 3.8) is 0 Å². The van der Waals surface area contributed by atoms with Crippen LogP contribution in [0.1, 0.15) is 53.0 Å². The Morgan fingerprint density at radius 2 is 1.33 bits per heavy atom. The van der Waals surface area contributed by atoms with Crippen molar-refractivity contribution < 1.29 is 46.9 Å². The van der Waals surface area contributed by atoms with E-state index in [0.717, 1.165) is 6.07 Å². The minimum absolute atomic E-state index is 0. The Kier molecular flexibility index (Phi) is 13.8. The maximum atomic E-state index is 13.9. The van der Waals surface area contributed by atoms with Gasteiger partial charge in [0.2, 0.25) is 0 Å². The normalized spacial score (nSPS) is 9.88. The van der Waals surface area contributed by atoms with Crippen molar-refractivity contribution in [2.45, 2.75) is 47.5 Å². The monoisotopic (exact) mass is 470 g/mol. The lowest BCUT2D eigenvalue weighted by Crippen LogP contribution is -2.26. The van der Waals surface area contributed by atoms with Gasteiger partial charge in [0.15, 0.2) is 17.3 Å². The summed E-state index contributed by atoms with van der Waals surface area (Å²) in [4.78, 5) is 45.2. The van der Waals surface area contributed by atoms with Gasteiger partial charge in [-0.2, -0.15) is 0 Å². The summed E-state index contributed by atoms with van der Waals surface area (Å²) in [6.45, 7) is 7.43. The zero-order chi connectivity index (χ0) is 24.1. The second-order valence-electron chi connectivity index (χ2n) is 6.07. The highest BCUT2D eigenvalue weighted by atomic mass is 19.1. The van der Waals surface area contributed by atoms with Gasteiger partial charge in [-0.3, -0.25) is 19.2 Å². The van der Waals surface area contributed by atoms with Crippen LogP contribution in [0.25, 0.3) is 11.0 Å². The van der Waals surface area contributed by atoms with Crippen LogP contribution in [0.2, 0.25) is 0 Å².